The second-order valence-corrected chi connectivity index (χ2v) is 5.40. The fraction of sp³-hybridized carbons (Fsp3) is 0.364. The van der Waals surface area contributed by atoms with Gasteiger partial charge in [-0.2, -0.15) is 0 Å². The number of hydrogen-bond acceptors (Lipinski definition) is 5. The van der Waals surface area contributed by atoms with Gasteiger partial charge in [0.05, 0.1) is 28.3 Å². The molecule has 0 unspecified atom stereocenters. The maximum absolute atomic E-state index is 11.5. The largest absolute Gasteiger partial charge is 0.355 e. The lowest BCUT2D eigenvalue weighted by molar-refractivity contribution is -0.120. The summed E-state index contributed by atoms with van der Waals surface area (Å²) < 4.78 is 0. The van der Waals surface area contributed by atoms with Crippen molar-refractivity contribution >= 4 is 28.6 Å². The minimum atomic E-state index is 0.0165. The van der Waals surface area contributed by atoms with Crippen LogP contribution in [0.15, 0.2) is 16.3 Å². The molecule has 2 rings (SSSR count). The van der Waals surface area contributed by atoms with Gasteiger partial charge >= 0.3 is 0 Å². The van der Waals surface area contributed by atoms with Crippen molar-refractivity contribution in [1.82, 2.24) is 15.3 Å². The van der Waals surface area contributed by atoms with E-state index in [0.717, 1.165) is 22.8 Å². The van der Waals surface area contributed by atoms with Crippen LogP contribution in [0.25, 0.3) is 0 Å². The molecule has 4 nitrogen and oxygen atoms in total. The van der Waals surface area contributed by atoms with E-state index >= 15 is 0 Å². The minimum Gasteiger partial charge on any atom is -0.355 e. The molecule has 0 spiro atoms. The molecule has 0 saturated heterocycles. The molecule has 2 aromatic rings. The highest BCUT2D eigenvalue weighted by molar-refractivity contribution is 7.09. The molecule has 1 N–H and O–H groups in total. The van der Waals surface area contributed by atoms with Crippen LogP contribution in [0.3, 0.4) is 0 Å². The zero-order valence-corrected chi connectivity index (χ0v) is 11.1. The fourth-order valence-corrected chi connectivity index (χ4v) is 2.61. The van der Waals surface area contributed by atoms with Gasteiger partial charge in [-0.25, -0.2) is 9.97 Å². The van der Waals surface area contributed by atoms with Crippen LogP contribution in [-0.4, -0.2) is 22.4 Å². The van der Waals surface area contributed by atoms with Crippen molar-refractivity contribution in [3.63, 3.8) is 0 Å². The van der Waals surface area contributed by atoms with E-state index in [1.807, 2.05) is 17.7 Å². The monoisotopic (exact) mass is 267 g/mol. The zero-order valence-electron chi connectivity index (χ0n) is 9.47. The van der Waals surface area contributed by atoms with Crippen LogP contribution in [0.1, 0.15) is 16.4 Å². The van der Waals surface area contributed by atoms with Gasteiger partial charge in [0, 0.05) is 23.7 Å². The Morgan fingerprint density at radius 3 is 2.94 bits per heavy atom. The van der Waals surface area contributed by atoms with E-state index in [2.05, 4.69) is 15.3 Å². The van der Waals surface area contributed by atoms with E-state index in [4.69, 9.17) is 0 Å². The number of hydrogen-bond donors (Lipinski definition) is 1. The molecule has 0 saturated carbocycles. The minimum absolute atomic E-state index is 0.0165. The first-order valence-corrected chi connectivity index (χ1v) is 7.11. The van der Waals surface area contributed by atoms with Gasteiger partial charge in [-0.1, -0.05) is 0 Å². The summed E-state index contributed by atoms with van der Waals surface area (Å²) in [6, 6.07) is 0. The Bertz CT molecular complexity index is 479. The topological polar surface area (TPSA) is 54.9 Å². The molecule has 0 radical (unpaired) electrons. The van der Waals surface area contributed by atoms with E-state index in [0.29, 0.717) is 13.0 Å². The molecule has 0 aliphatic carbocycles. The van der Waals surface area contributed by atoms with Crippen LogP contribution in [-0.2, 0) is 17.6 Å². The third-order valence-corrected chi connectivity index (χ3v) is 3.65. The molecule has 2 aromatic heterocycles. The fourth-order valence-electron chi connectivity index (χ4n) is 1.40. The van der Waals surface area contributed by atoms with Crippen LogP contribution in [0.4, 0.5) is 0 Å². The first kappa shape index (κ1) is 12.2. The summed E-state index contributed by atoms with van der Waals surface area (Å²) in [5, 5.41) is 7.85. The molecule has 0 bridgehead atoms. The lowest BCUT2D eigenvalue weighted by atomic mass is 10.3. The number of aromatic nitrogens is 2. The summed E-state index contributed by atoms with van der Waals surface area (Å²) in [7, 11) is 0. The number of nitrogens with zero attached hydrogens (tertiary/aromatic N) is 2. The Kier molecular flexibility index (Phi) is 4.22. The van der Waals surface area contributed by atoms with Gasteiger partial charge in [-0.15, -0.1) is 22.7 Å². The van der Waals surface area contributed by atoms with Gasteiger partial charge in [0.2, 0.25) is 5.91 Å². The normalized spacial score (nSPS) is 10.4. The predicted molar refractivity (Wildman–Crippen MR) is 69.4 cm³/mol. The van der Waals surface area contributed by atoms with Gasteiger partial charge < -0.3 is 5.32 Å². The van der Waals surface area contributed by atoms with Gasteiger partial charge in [0.1, 0.15) is 0 Å². The summed E-state index contributed by atoms with van der Waals surface area (Å²) in [6.07, 6.45) is 1.15. The SMILES string of the molecule is Cc1nc(CCNC(=O)Cc2cscn2)cs1. The Morgan fingerprint density at radius 1 is 1.41 bits per heavy atom. The van der Waals surface area contributed by atoms with Crippen LogP contribution >= 0.6 is 22.7 Å². The van der Waals surface area contributed by atoms with Crippen molar-refractivity contribution in [3.05, 3.63) is 32.7 Å². The summed E-state index contributed by atoms with van der Waals surface area (Å²) in [4.78, 5) is 20.0. The first-order valence-electron chi connectivity index (χ1n) is 5.29. The molecule has 0 atom stereocenters. The third kappa shape index (κ3) is 3.90. The van der Waals surface area contributed by atoms with E-state index in [1.54, 1.807) is 16.8 Å². The number of aryl methyl sites for hydroxylation is 1. The number of nitrogens with one attached hydrogen (secondary N) is 1. The van der Waals surface area contributed by atoms with Gasteiger partial charge in [0.25, 0.3) is 0 Å². The summed E-state index contributed by atoms with van der Waals surface area (Å²) in [5.74, 6) is 0.0165. The Hall–Kier alpha value is -1.27. The Labute approximate surface area is 108 Å². The first-order chi connectivity index (χ1) is 8.24. The van der Waals surface area contributed by atoms with Crippen molar-refractivity contribution in [2.75, 3.05) is 6.54 Å². The van der Waals surface area contributed by atoms with E-state index < -0.39 is 0 Å². The Balaban J connectivity index is 1.70. The quantitative estimate of drug-likeness (QED) is 0.899. The molecular weight excluding hydrogens is 254 g/mol. The summed E-state index contributed by atoms with van der Waals surface area (Å²) >= 11 is 3.14. The highest BCUT2D eigenvalue weighted by atomic mass is 32.1. The molecule has 6 heteroatoms. The van der Waals surface area contributed by atoms with Crippen molar-refractivity contribution < 1.29 is 4.79 Å². The molecule has 90 valence electrons. The zero-order chi connectivity index (χ0) is 12.1. The second-order valence-electron chi connectivity index (χ2n) is 3.61. The standard InChI is InChI=1S/C11H13N3OS2/c1-8-14-9(6-17-8)2-3-12-11(15)4-10-5-16-7-13-10/h5-7H,2-4H2,1H3,(H,12,15). The van der Waals surface area contributed by atoms with Crippen LogP contribution in [0.5, 0.6) is 0 Å². The Morgan fingerprint density at radius 2 is 2.29 bits per heavy atom. The van der Waals surface area contributed by atoms with Crippen LogP contribution in [0.2, 0.25) is 0 Å². The number of carbonyl (C=O) groups excluding carboxylic acids is 1. The lowest BCUT2D eigenvalue weighted by Gasteiger charge is -2.02. The maximum atomic E-state index is 11.5. The predicted octanol–water partition coefficient (Wildman–Crippen LogP) is 1.81. The highest BCUT2D eigenvalue weighted by Crippen LogP contribution is 2.07. The average Bonchev–Trinajstić information content (AvgIpc) is 2.90. The van der Waals surface area contributed by atoms with E-state index in [9.17, 15) is 4.79 Å². The van der Waals surface area contributed by atoms with Crippen molar-refractivity contribution in [2.45, 2.75) is 19.8 Å². The van der Waals surface area contributed by atoms with Crippen LogP contribution in [0, 0.1) is 6.92 Å². The molecule has 0 aliphatic heterocycles. The second kappa shape index (κ2) is 5.88. The summed E-state index contributed by atoms with van der Waals surface area (Å²) in [5.41, 5.74) is 3.61. The number of thiazole rings is 2. The van der Waals surface area contributed by atoms with E-state index in [1.165, 1.54) is 11.3 Å². The van der Waals surface area contributed by atoms with Gasteiger partial charge in [0.15, 0.2) is 0 Å². The van der Waals surface area contributed by atoms with Crippen LogP contribution < -0.4 is 5.32 Å². The van der Waals surface area contributed by atoms with E-state index in [-0.39, 0.29) is 5.91 Å². The van der Waals surface area contributed by atoms with Gasteiger partial charge in [-0.3, -0.25) is 4.79 Å². The lowest BCUT2D eigenvalue weighted by Crippen LogP contribution is -2.27. The van der Waals surface area contributed by atoms with Crippen molar-refractivity contribution in [3.8, 4) is 0 Å². The average molecular weight is 267 g/mol. The molecule has 17 heavy (non-hydrogen) atoms. The molecule has 0 aromatic carbocycles. The highest BCUT2D eigenvalue weighted by Gasteiger charge is 2.05. The maximum Gasteiger partial charge on any atom is 0.226 e. The van der Waals surface area contributed by atoms with Gasteiger partial charge in [-0.05, 0) is 6.92 Å². The molecular formula is C11H13N3OS2. The van der Waals surface area contributed by atoms with Crippen molar-refractivity contribution in [1.29, 1.82) is 0 Å². The molecule has 0 fully saturated rings. The molecule has 0 aliphatic rings. The number of rotatable bonds is 5. The number of amides is 1. The molecule has 1 amide bonds. The summed E-state index contributed by atoms with van der Waals surface area (Å²) in [6.45, 7) is 2.61. The van der Waals surface area contributed by atoms with Crippen molar-refractivity contribution in [2.24, 2.45) is 0 Å². The molecule has 2 heterocycles. The smallest absolute Gasteiger partial charge is 0.226 e. The number of carbonyl (C=O) groups is 1. The third-order valence-electron chi connectivity index (χ3n) is 2.20.